The van der Waals surface area contributed by atoms with Crippen molar-refractivity contribution in [2.75, 3.05) is 18.5 Å². The molecule has 0 amide bonds. The number of rotatable bonds is 7. The fourth-order valence-corrected chi connectivity index (χ4v) is 2.12. The molecule has 2 heteroatoms. The van der Waals surface area contributed by atoms with E-state index in [0.717, 1.165) is 37.4 Å². The van der Waals surface area contributed by atoms with Gasteiger partial charge in [-0.3, -0.25) is 0 Å². The third-order valence-corrected chi connectivity index (χ3v) is 3.31. The lowest BCUT2D eigenvalue weighted by molar-refractivity contribution is 0.317. The van der Waals surface area contributed by atoms with Gasteiger partial charge in [-0.2, -0.15) is 0 Å². The van der Waals surface area contributed by atoms with Crippen LogP contribution in [0.3, 0.4) is 0 Å². The Kier molecular flexibility index (Phi) is 5.48. The van der Waals surface area contributed by atoms with E-state index in [4.69, 9.17) is 4.74 Å². The van der Waals surface area contributed by atoms with Gasteiger partial charge in [0.15, 0.2) is 0 Å². The molecule has 2 nitrogen and oxygen atoms in total. The van der Waals surface area contributed by atoms with E-state index in [1.165, 1.54) is 11.1 Å². The van der Waals surface area contributed by atoms with Gasteiger partial charge < -0.3 is 10.1 Å². The molecule has 0 aliphatic rings. The molecule has 0 saturated heterocycles. The smallest absolute Gasteiger partial charge is 0.119 e. The molecular formula is C18H23NO. The molecule has 0 aliphatic heterocycles. The highest BCUT2D eigenvalue weighted by atomic mass is 16.5. The van der Waals surface area contributed by atoms with Crippen molar-refractivity contribution in [3.05, 3.63) is 59.7 Å². The predicted octanol–water partition coefficient (Wildman–Crippen LogP) is 4.44. The van der Waals surface area contributed by atoms with Crippen LogP contribution in [-0.4, -0.2) is 13.2 Å². The molecule has 0 heterocycles. The summed E-state index contributed by atoms with van der Waals surface area (Å²) in [7, 11) is 0. The normalized spacial score (nSPS) is 10.3. The molecule has 0 saturated carbocycles. The van der Waals surface area contributed by atoms with Gasteiger partial charge in [0, 0.05) is 12.2 Å². The summed E-state index contributed by atoms with van der Waals surface area (Å²) in [6, 6.07) is 16.7. The lowest BCUT2D eigenvalue weighted by atomic mass is 10.1. The van der Waals surface area contributed by atoms with Gasteiger partial charge in [0.05, 0.1) is 6.61 Å². The van der Waals surface area contributed by atoms with E-state index in [2.05, 4.69) is 55.6 Å². The highest BCUT2D eigenvalue weighted by molar-refractivity contribution is 5.46. The van der Waals surface area contributed by atoms with Crippen LogP contribution < -0.4 is 10.1 Å². The average molecular weight is 269 g/mol. The van der Waals surface area contributed by atoms with Gasteiger partial charge in [0.25, 0.3) is 0 Å². The summed E-state index contributed by atoms with van der Waals surface area (Å²) < 4.78 is 5.57. The van der Waals surface area contributed by atoms with E-state index in [-0.39, 0.29) is 0 Å². The quantitative estimate of drug-likeness (QED) is 0.802. The zero-order valence-corrected chi connectivity index (χ0v) is 12.4. The first-order valence-corrected chi connectivity index (χ1v) is 7.31. The van der Waals surface area contributed by atoms with E-state index in [1.54, 1.807) is 0 Å². The van der Waals surface area contributed by atoms with Crippen molar-refractivity contribution in [2.24, 2.45) is 0 Å². The molecule has 0 bridgehead atoms. The van der Waals surface area contributed by atoms with Crippen LogP contribution in [0.2, 0.25) is 0 Å². The molecule has 0 aliphatic carbocycles. The molecule has 2 aromatic carbocycles. The second-order valence-corrected chi connectivity index (χ2v) is 4.98. The zero-order valence-electron chi connectivity index (χ0n) is 12.4. The van der Waals surface area contributed by atoms with Crippen molar-refractivity contribution in [3.8, 4) is 5.75 Å². The molecule has 2 rings (SSSR count). The van der Waals surface area contributed by atoms with Gasteiger partial charge >= 0.3 is 0 Å². The molecule has 106 valence electrons. The molecule has 2 aromatic rings. The second kappa shape index (κ2) is 7.59. The molecule has 20 heavy (non-hydrogen) atoms. The van der Waals surface area contributed by atoms with Gasteiger partial charge in [-0.05, 0) is 55.2 Å². The SMILES string of the molecule is CCCOc1ccc(NCCc2ccccc2C)cc1. The topological polar surface area (TPSA) is 21.3 Å². The summed E-state index contributed by atoms with van der Waals surface area (Å²) >= 11 is 0. The van der Waals surface area contributed by atoms with Gasteiger partial charge in [0.1, 0.15) is 5.75 Å². The Morgan fingerprint density at radius 3 is 2.45 bits per heavy atom. The minimum Gasteiger partial charge on any atom is -0.494 e. The monoisotopic (exact) mass is 269 g/mol. The standard InChI is InChI=1S/C18H23NO/c1-3-14-20-18-10-8-17(9-11-18)19-13-12-16-7-5-4-6-15(16)2/h4-11,19H,3,12-14H2,1-2H3. The fourth-order valence-electron chi connectivity index (χ4n) is 2.12. The van der Waals surface area contributed by atoms with Crippen molar-refractivity contribution in [1.82, 2.24) is 0 Å². The Bertz CT molecular complexity index is 519. The Balaban J connectivity index is 1.81. The van der Waals surface area contributed by atoms with Crippen molar-refractivity contribution >= 4 is 5.69 Å². The van der Waals surface area contributed by atoms with Crippen molar-refractivity contribution in [3.63, 3.8) is 0 Å². The van der Waals surface area contributed by atoms with E-state index >= 15 is 0 Å². The maximum Gasteiger partial charge on any atom is 0.119 e. The van der Waals surface area contributed by atoms with Crippen molar-refractivity contribution < 1.29 is 4.74 Å². The van der Waals surface area contributed by atoms with Crippen LogP contribution in [-0.2, 0) is 6.42 Å². The lowest BCUT2D eigenvalue weighted by Crippen LogP contribution is -2.05. The van der Waals surface area contributed by atoms with Crippen LogP contribution in [0.25, 0.3) is 0 Å². The Morgan fingerprint density at radius 2 is 1.75 bits per heavy atom. The Morgan fingerprint density at radius 1 is 1.00 bits per heavy atom. The number of ether oxygens (including phenoxy) is 1. The third kappa shape index (κ3) is 4.30. The van der Waals surface area contributed by atoms with Gasteiger partial charge in [-0.15, -0.1) is 0 Å². The van der Waals surface area contributed by atoms with E-state index in [0.29, 0.717) is 0 Å². The van der Waals surface area contributed by atoms with Crippen LogP contribution in [0.15, 0.2) is 48.5 Å². The lowest BCUT2D eigenvalue weighted by Gasteiger charge is -2.09. The number of hydrogen-bond acceptors (Lipinski definition) is 2. The number of benzene rings is 2. The molecule has 1 N–H and O–H groups in total. The molecule has 0 fully saturated rings. The molecule has 0 unspecified atom stereocenters. The summed E-state index contributed by atoms with van der Waals surface area (Å²) in [4.78, 5) is 0. The van der Waals surface area contributed by atoms with Crippen LogP contribution in [0, 0.1) is 6.92 Å². The molecule has 0 spiro atoms. The fraction of sp³-hybridized carbons (Fsp3) is 0.333. The van der Waals surface area contributed by atoms with Crippen molar-refractivity contribution in [2.45, 2.75) is 26.7 Å². The Hall–Kier alpha value is -1.96. The van der Waals surface area contributed by atoms with Crippen molar-refractivity contribution in [1.29, 1.82) is 0 Å². The summed E-state index contributed by atoms with van der Waals surface area (Å²) in [5.41, 5.74) is 3.91. The summed E-state index contributed by atoms with van der Waals surface area (Å²) in [6.45, 7) is 6.00. The van der Waals surface area contributed by atoms with Crippen LogP contribution in [0.1, 0.15) is 24.5 Å². The third-order valence-electron chi connectivity index (χ3n) is 3.31. The van der Waals surface area contributed by atoms with E-state index in [9.17, 15) is 0 Å². The Labute approximate surface area is 121 Å². The van der Waals surface area contributed by atoms with E-state index < -0.39 is 0 Å². The first-order chi connectivity index (χ1) is 9.79. The minimum atomic E-state index is 0.778. The summed E-state index contributed by atoms with van der Waals surface area (Å²) in [5, 5.41) is 3.45. The second-order valence-electron chi connectivity index (χ2n) is 4.98. The average Bonchev–Trinajstić information content (AvgIpc) is 2.48. The number of nitrogens with one attached hydrogen (secondary N) is 1. The van der Waals surface area contributed by atoms with Crippen LogP contribution >= 0.6 is 0 Å². The first kappa shape index (κ1) is 14.4. The zero-order chi connectivity index (χ0) is 14.2. The van der Waals surface area contributed by atoms with Gasteiger partial charge in [0.2, 0.25) is 0 Å². The molecule has 0 atom stereocenters. The summed E-state index contributed by atoms with van der Waals surface area (Å²) in [6.07, 6.45) is 2.08. The molecule has 0 aromatic heterocycles. The number of aryl methyl sites for hydroxylation is 1. The number of anilines is 1. The highest BCUT2D eigenvalue weighted by Crippen LogP contribution is 2.16. The van der Waals surface area contributed by atoms with E-state index in [1.807, 2.05) is 12.1 Å². The minimum absolute atomic E-state index is 0.778. The predicted molar refractivity (Wildman–Crippen MR) is 85.6 cm³/mol. The molecular weight excluding hydrogens is 246 g/mol. The van der Waals surface area contributed by atoms with Crippen LogP contribution in [0.5, 0.6) is 5.75 Å². The first-order valence-electron chi connectivity index (χ1n) is 7.31. The maximum absolute atomic E-state index is 5.57. The molecule has 0 radical (unpaired) electrons. The van der Waals surface area contributed by atoms with Gasteiger partial charge in [-0.25, -0.2) is 0 Å². The number of hydrogen-bond donors (Lipinski definition) is 1. The highest BCUT2D eigenvalue weighted by Gasteiger charge is 1.98. The largest absolute Gasteiger partial charge is 0.494 e. The maximum atomic E-state index is 5.57. The van der Waals surface area contributed by atoms with Gasteiger partial charge in [-0.1, -0.05) is 31.2 Å². The summed E-state index contributed by atoms with van der Waals surface area (Å²) in [5.74, 6) is 0.941. The van der Waals surface area contributed by atoms with Crippen LogP contribution in [0.4, 0.5) is 5.69 Å².